The molecule has 0 aromatic carbocycles. The Labute approximate surface area is 94.9 Å². The first-order valence-electron chi connectivity index (χ1n) is 5.08. The summed E-state index contributed by atoms with van der Waals surface area (Å²) >= 11 is 1.72. The molecule has 1 rings (SSSR count). The highest BCUT2D eigenvalue weighted by Crippen LogP contribution is 2.23. The van der Waals surface area contributed by atoms with E-state index in [1.807, 2.05) is 6.92 Å². The smallest absolute Gasteiger partial charge is 0.236 e. The van der Waals surface area contributed by atoms with Gasteiger partial charge in [-0.1, -0.05) is 0 Å². The lowest BCUT2D eigenvalue weighted by molar-refractivity contribution is -0.122. The molecule has 0 bridgehead atoms. The van der Waals surface area contributed by atoms with Crippen LogP contribution in [0.15, 0.2) is 11.4 Å². The van der Waals surface area contributed by atoms with Crippen LogP contribution in [-0.2, 0) is 4.79 Å². The number of hydrogen-bond acceptors (Lipinski definition) is 3. The molecule has 0 fully saturated rings. The molecule has 2 N–H and O–H groups in total. The molecule has 1 amide bonds. The van der Waals surface area contributed by atoms with Crippen LogP contribution >= 0.6 is 11.3 Å². The average molecular weight is 226 g/mol. The minimum absolute atomic E-state index is 0.0241. The summed E-state index contributed by atoms with van der Waals surface area (Å²) in [5.74, 6) is 0.0241. The Morgan fingerprint density at radius 2 is 2.13 bits per heavy atom. The predicted octanol–water partition coefficient (Wildman–Crippen LogP) is 1.84. The summed E-state index contributed by atoms with van der Waals surface area (Å²) in [7, 11) is 1.65. The molecule has 15 heavy (non-hydrogen) atoms. The maximum absolute atomic E-state index is 11.3. The van der Waals surface area contributed by atoms with Crippen LogP contribution in [0.5, 0.6) is 0 Å². The lowest BCUT2D eigenvalue weighted by Gasteiger charge is -2.18. The molecule has 1 aromatic heterocycles. The van der Waals surface area contributed by atoms with Gasteiger partial charge < -0.3 is 5.32 Å². The summed E-state index contributed by atoms with van der Waals surface area (Å²) in [6.07, 6.45) is 0. The number of hydrogen-bond donors (Lipinski definition) is 2. The second-order valence-electron chi connectivity index (χ2n) is 3.69. The van der Waals surface area contributed by atoms with E-state index < -0.39 is 0 Å². The molecular formula is C11H18N2OS. The van der Waals surface area contributed by atoms with Crippen molar-refractivity contribution < 1.29 is 4.79 Å². The van der Waals surface area contributed by atoms with Crippen LogP contribution in [0.2, 0.25) is 0 Å². The number of carbonyl (C=O) groups is 1. The Kier molecular flexibility index (Phi) is 4.29. The third-order valence-electron chi connectivity index (χ3n) is 2.43. The molecule has 0 aliphatic carbocycles. The van der Waals surface area contributed by atoms with Gasteiger partial charge in [-0.2, -0.15) is 0 Å². The van der Waals surface area contributed by atoms with Crippen LogP contribution in [0.3, 0.4) is 0 Å². The molecule has 1 aromatic rings. The van der Waals surface area contributed by atoms with Crippen molar-refractivity contribution in [3.63, 3.8) is 0 Å². The Morgan fingerprint density at radius 3 is 2.60 bits per heavy atom. The number of aryl methyl sites for hydroxylation is 1. The zero-order chi connectivity index (χ0) is 11.4. The third kappa shape index (κ3) is 3.04. The van der Waals surface area contributed by atoms with Gasteiger partial charge in [0, 0.05) is 18.0 Å². The highest BCUT2D eigenvalue weighted by molar-refractivity contribution is 7.10. The number of carbonyl (C=O) groups excluding carboxylic acids is 1. The van der Waals surface area contributed by atoms with Gasteiger partial charge >= 0.3 is 0 Å². The molecule has 2 atom stereocenters. The van der Waals surface area contributed by atoms with E-state index in [4.69, 9.17) is 0 Å². The van der Waals surface area contributed by atoms with Crippen molar-refractivity contribution in [2.24, 2.45) is 0 Å². The summed E-state index contributed by atoms with van der Waals surface area (Å²) in [4.78, 5) is 12.6. The Morgan fingerprint density at radius 1 is 1.47 bits per heavy atom. The van der Waals surface area contributed by atoms with Crippen LogP contribution in [-0.4, -0.2) is 19.0 Å². The maximum Gasteiger partial charge on any atom is 0.236 e. The third-order valence-corrected chi connectivity index (χ3v) is 3.64. The minimum Gasteiger partial charge on any atom is -0.358 e. The second kappa shape index (κ2) is 5.28. The summed E-state index contributed by atoms with van der Waals surface area (Å²) in [6, 6.07) is 2.16. The van der Waals surface area contributed by atoms with Gasteiger partial charge in [-0.25, -0.2) is 0 Å². The van der Waals surface area contributed by atoms with E-state index in [-0.39, 0.29) is 18.0 Å². The van der Waals surface area contributed by atoms with E-state index in [1.165, 1.54) is 10.4 Å². The maximum atomic E-state index is 11.3. The van der Waals surface area contributed by atoms with Gasteiger partial charge in [0.25, 0.3) is 0 Å². The van der Waals surface area contributed by atoms with E-state index in [0.717, 1.165) is 0 Å². The van der Waals surface area contributed by atoms with E-state index >= 15 is 0 Å². The molecule has 0 aliphatic heterocycles. The Balaban J connectivity index is 2.60. The molecule has 84 valence electrons. The van der Waals surface area contributed by atoms with Gasteiger partial charge in [0.2, 0.25) is 5.91 Å². The average Bonchev–Trinajstić information content (AvgIpc) is 2.63. The van der Waals surface area contributed by atoms with Crippen molar-refractivity contribution in [2.45, 2.75) is 32.9 Å². The fraction of sp³-hybridized carbons (Fsp3) is 0.545. The molecule has 0 radical (unpaired) electrons. The van der Waals surface area contributed by atoms with E-state index in [0.29, 0.717) is 0 Å². The first-order valence-corrected chi connectivity index (χ1v) is 5.96. The van der Waals surface area contributed by atoms with Gasteiger partial charge in [0.1, 0.15) is 0 Å². The molecular weight excluding hydrogens is 208 g/mol. The highest BCUT2D eigenvalue weighted by Gasteiger charge is 2.16. The SMILES string of the molecule is CNC(=O)[C@@H](C)NC(C)c1sccc1C. The van der Waals surface area contributed by atoms with Crippen molar-refractivity contribution in [3.8, 4) is 0 Å². The first kappa shape index (κ1) is 12.2. The predicted molar refractivity (Wildman–Crippen MR) is 64.1 cm³/mol. The van der Waals surface area contributed by atoms with Gasteiger partial charge in [0.15, 0.2) is 0 Å². The fourth-order valence-corrected chi connectivity index (χ4v) is 2.52. The zero-order valence-corrected chi connectivity index (χ0v) is 10.4. The number of likely N-dealkylation sites (N-methyl/N-ethyl adjacent to an activating group) is 1. The molecule has 0 aliphatic rings. The molecule has 3 nitrogen and oxygen atoms in total. The summed E-state index contributed by atoms with van der Waals surface area (Å²) in [6.45, 7) is 6.05. The molecule has 1 heterocycles. The van der Waals surface area contributed by atoms with Crippen LogP contribution in [0.1, 0.15) is 30.3 Å². The number of nitrogens with one attached hydrogen (secondary N) is 2. The lowest BCUT2D eigenvalue weighted by Crippen LogP contribution is -2.41. The van der Waals surface area contributed by atoms with E-state index in [2.05, 4.69) is 35.9 Å². The fourth-order valence-electron chi connectivity index (χ4n) is 1.57. The van der Waals surface area contributed by atoms with Crippen molar-refractivity contribution in [1.82, 2.24) is 10.6 Å². The monoisotopic (exact) mass is 226 g/mol. The van der Waals surface area contributed by atoms with Gasteiger partial charge in [-0.3, -0.25) is 10.1 Å². The molecule has 1 unspecified atom stereocenters. The number of amides is 1. The lowest BCUT2D eigenvalue weighted by atomic mass is 10.1. The summed E-state index contributed by atoms with van der Waals surface area (Å²) < 4.78 is 0. The standard InChI is InChI=1S/C11H18N2OS/c1-7-5-6-15-10(7)8(2)13-9(3)11(14)12-4/h5-6,8-9,13H,1-4H3,(H,12,14)/t8?,9-/m1/s1. The van der Waals surface area contributed by atoms with Crippen molar-refractivity contribution in [2.75, 3.05) is 7.05 Å². The van der Waals surface area contributed by atoms with Crippen molar-refractivity contribution in [3.05, 3.63) is 21.9 Å². The Hall–Kier alpha value is -0.870. The quantitative estimate of drug-likeness (QED) is 0.822. The minimum atomic E-state index is -0.161. The Bertz CT molecular complexity index is 335. The van der Waals surface area contributed by atoms with Crippen molar-refractivity contribution in [1.29, 1.82) is 0 Å². The van der Waals surface area contributed by atoms with E-state index in [1.54, 1.807) is 18.4 Å². The molecule has 0 saturated carbocycles. The normalized spacial score (nSPS) is 14.7. The van der Waals surface area contributed by atoms with Gasteiger partial charge in [0.05, 0.1) is 6.04 Å². The number of rotatable bonds is 4. The summed E-state index contributed by atoms with van der Waals surface area (Å²) in [5, 5.41) is 7.98. The van der Waals surface area contributed by atoms with Gasteiger partial charge in [-0.05, 0) is 37.8 Å². The van der Waals surface area contributed by atoms with Gasteiger partial charge in [-0.15, -0.1) is 11.3 Å². The number of thiophene rings is 1. The second-order valence-corrected chi connectivity index (χ2v) is 4.64. The molecule has 0 saturated heterocycles. The van der Waals surface area contributed by atoms with Crippen LogP contribution in [0, 0.1) is 6.92 Å². The molecule has 4 heteroatoms. The molecule has 0 spiro atoms. The largest absolute Gasteiger partial charge is 0.358 e. The highest BCUT2D eigenvalue weighted by atomic mass is 32.1. The van der Waals surface area contributed by atoms with Crippen LogP contribution in [0.4, 0.5) is 0 Å². The summed E-state index contributed by atoms with van der Waals surface area (Å²) in [5.41, 5.74) is 1.28. The van der Waals surface area contributed by atoms with Crippen LogP contribution < -0.4 is 10.6 Å². The van der Waals surface area contributed by atoms with Crippen LogP contribution in [0.25, 0.3) is 0 Å². The zero-order valence-electron chi connectivity index (χ0n) is 9.63. The topological polar surface area (TPSA) is 41.1 Å². The van der Waals surface area contributed by atoms with E-state index in [9.17, 15) is 4.79 Å². The first-order chi connectivity index (χ1) is 7.06. The van der Waals surface area contributed by atoms with Crippen molar-refractivity contribution >= 4 is 17.2 Å².